The fourth-order valence-electron chi connectivity index (χ4n) is 1.99. The lowest BCUT2D eigenvalue weighted by Crippen LogP contribution is -2.16. The molecule has 1 aromatic carbocycles. The Kier molecular flexibility index (Phi) is 4.14. The zero-order valence-electron chi connectivity index (χ0n) is 11.8. The summed E-state index contributed by atoms with van der Waals surface area (Å²) in [6.45, 7) is 5.06. The Hall–Kier alpha value is -2.14. The van der Waals surface area contributed by atoms with Crippen LogP contribution in [0.3, 0.4) is 0 Å². The average molecular weight is 309 g/mol. The van der Waals surface area contributed by atoms with E-state index >= 15 is 0 Å². The molecule has 0 bridgehead atoms. The molecule has 6 heteroatoms. The third-order valence-electron chi connectivity index (χ3n) is 3.10. The molecule has 0 aliphatic carbocycles. The number of benzene rings is 1. The Morgan fingerprint density at radius 1 is 1.33 bits per heavy atom. The smallest absolute Gasteiger partial charge is 0.254 e. The molecule has 0 unspecified atom stereocenters. The molecule has 0 aliphatic rings. The number of carbonyl (C=O) groups excluding carboxylic acids is 1. The molecule has 0 radical (unpaired) electrons. The fraction of sp³-hybridized carbons (Fsp3) is 0.200. The Morgan fingerprint density at radius 2 is 2.00 bits per heavy atom. The lowest BCUT2D eigenvalue weighted by atomic mass is 10.1. The number of amides is 1. The standard InChI is InChI=1S/C15H14ClFN2O2/c1-7-6-10(17)4-5-11(7)21-15-12(14(18)20)8(2)13(16)9(3)19-15/h4-6H,1-3H3,(H2,18,20). The van der Waals surface area contributed by atoms with Crippen molar-refractivity contribution in [3.8, 4) is 11.6 Å². The second-order valence-corrected chi connectivity index (χ2v) is 5.07. The number of nitrogens with zero attached hydrogens (tertiary/aromatic N) is 1. The molecule has 0 aliphatic heterocycles. The van der Waals surface area contributed by atoms with Gasteiger partial charge in [0.1, 0.15) is 17.1 Å². The molecule has 2 N–H and O–H groups in total. The lowest BCUT2D eigenvalue weighted by molar-refractivity contribution is 0.0997. The van der Waals surface area contributed by atoms with E-state index in [4.69, 9.17) is 22.1 Å². The minimum Gasteiger partial charge on any atom is -0.438 e. The Bertz CT molecular complexity index is 732. The first-order chi connectivity index (χ1) is 9.81. The Morgan fingerprint density at radius 3 is 2.57 bits per heavy atom. The van der Waals surface area contributed by atoms with Gasteiger partial charge in [-0.3, -0.25) is 4.79 Å². The summed E-state index contributed by atoms with van der Waals surface area (Å²) in [5, 5.41) is 0.368. The van der Waals surface area contributed by atoms with Crippen LogP contribution in [0.25, 0.3) is 0 Å². The maximum atomic E-state index is 13.1. The maximum absolute atomic E-state index is 13.1. The second kappa shape index (κ2) is 5.69. The zero-order valence-corrected chi connectivity index (χ0v) is 12.6. The van der Waals surface area contributed by atoms with Crippen LogP contribution in [-0.4, -0.2) is 10.9 Å². The highest BCUT2D eigenvalue weighted by Crippen LogP contribution is 2.32. The topological polar surface area (TPSA) is 65.2 Å². The summed E-state index contributed by atoms with van der Waals surface area (Å²) in [4.78, 5) is 15.8. The van der Waals surface area contributed by atoms with Crippen LogP contribution in [0.1, 0.15) is 27.2 Å². The van der Waals surface area contributed by atoms with E-state index < -0.39 is 5.91 Å². The van der Waals surface area contributed by atoms with E-state index in [1.54, 1.807) is 20.8 Å². The monoisotopic (exact) mass is 308 g/mol. The van der Waals surface area contributed by atoms with Gasteiger partial charge in [-0.05, 0) is 50.1 Å². The third kappa shape index (κ3) is 2.97. The first-order valence-corrected chi connectivity index (χ1v) is 6.59. The molecule has 1 amide bonds. The van der Waals surface area contributed by atoms with Crippen LogP contribution >= 0.6 is 11.6 Å². The fourth-order valence-corrected chi connectivity index (χ4v) is 2.13. The van der Waals surface area contributed by atoms with E-state index in [2.05, 4.69) is 4.98 Å². The number of carbonyl (C=O) groups is 1. The number of halogens is 2. The number of nitrogens with two attached hydrogens (primary N) is 1. The number of pyridine rings is 1. The highest BCUT2D eigenvalue weighted by Gasteiger charge is 2.20. The molecular formula is C15H14ClFN2O2. The van der Waals surface area contributed by atoms with Gasteiger partial charge in [0.2, 0.25) is 5.88 Å². The number of hydrogen-bond acceptors (Lipinski definition) is 3. The van der Waals surface area contributed by atoms with Crippen molar-refractivity contribution < 1.29 is 13.9 Å². The molecule has 21 heavy (non-hydrogen) atoms. The highest BCUT2D eigenvalue weighted by atomic mass is 35.5. The summed E-state index contributed by atoms with van der Waals surface area (Å²) in [6, 6.07) is 4.06. The van der Waals surface area contributed by atoms with Crippen molar-refractivity contribution >= 4 is 17.5 Å². The van der Waals surface area contributed by atoms with Gasteiger partial charge in [-0.15, -0.1) is 0 Å². The van der Waals surface area contributed by atoms with E-state index in [1.807, 2.05) is 0 Å². The van der Waals surface area contributed by atoms with Crippen LogP contribution < -0.4 is 10.5 Å². The molecule has 0 atom stereocenters. The summed E-state index contributed by atoms with van der Waals surface area (Å²) < 4.78 is 18.7. The van der Waals surface area contributed by atoms with Crippen LogP contribution in [0.15, 0.2) is 18.2 Å². The van der Waals surface area contributed by atoms with Gasteiger partial charge >= 0.3 is 0 Å². The molecule has 1 heterocycles. The van der Waals surface area contributed by atoms with Crippen LogP contribution in [0.4, 0.5) is 4.39 Å². The minimum absolute atomic E-state index is 0.0663. The van der Waals surface area contributed by atoms with Gasteiger partial charge in [0, 0.05) is 0 Å². The molecule has 0 saturated heterocycles. The van der Waals surface area contributed by atoms with Gasteiger partial charge in [0.25, 0.3) is 5.91 Å². The molecule has 4 nitrogen and oxygen atoms in total. The van der Waals surface area contributed by atoms with Gasteiger partial charge in [-0.25, -0.2) is 9.37 Å². The van der Waals surface area contributed by atoms with Gasteiger partial charge < -0.3 is 10.5 Å². The summed E-state index contributed by atoms with van der Waals surface area (Å²) >= 11 is 6.08. The number of rotatable bonds is 3. The zero-order chi connectivity index (χ0) is 15.7. The van der Waals surface area contributed by atoms with E-state index in [0.29, 0.717) is 27.6 Å². The largest absolute Gasteiger partial charge is 0.438 e. The molecule has 2 rings (SSSR count). The predicted molar refractivity (Wildman–Crippen MR) is 78.4 cm³/mol. The number of hydrogen-bond donors (Lipinski definition) is 1. The van der Waals surface area contributed by atoms with Crippen molar-refractivity contribution in [3.63, 3.8) is 0 Å². The van der Waals surface area contributed by atoms with Gasteiger partial charge in [-0.2, -0.15) is 0 Å². The number of aryl methyl sites for hydroxylation is 2. The summed E-state index contributed by atoms with van der Waals surface area (Å²) in [5.74, 6) is -0.591. The number of primary amides is 1. The van der Waals surface area contributed by atoms with E-state index in [9.17, 15) is 9.18 Å². The molecular weight excluding hydrogens is 295 g/mol. The van der Waals surface area contributed by atoms with Crippen LogP contribution in [-0.2, 0) is 0 Å². The third-order valence-corrected chi connectivity index (χ3v) is 3.65. The molecule has 1 aromatic heterocycles. The van der Waals surface area contributed by atoms with Gasteiger partial charge in [-0.1, -0.05) is 11.6 Å². The molecule has 110 valence electrons. The maximum Gasteiger partial charge on any atom is 0.254 e. The highest BCUT2D eigenvalue weighted by molar-refractivity contribution is 6.32. The first kappa shape index (κ1) is 15.3. The predicted octanol–water partition coefficient (Wildman–Crippen LogP) is 3.69. The van der Waals surface area contributed by atoms with E-state index in [-0.39, 0.29) is 17.3 Å². The number of aromatic nitrogens is 1. The summed E-state index contributed by atoms with van der Waals surface area (Å²) in [5.41, 5.74) is 7.10. The minimum atomic E-state index is -0.684. The van der Waals surface area contributed by atoms with Crippen molar-refractivity contribution in [1.29, 1.82) is 0 Å². The van der Waals surface area contributed by atoms with Crippen molar-refractivity contribution in [2.45, 2.75) is 20.8 Å². The summed E-state index contributed by atoms with van der Waals surface area (Å²) in [6.07, 6.45) is 0. The van der Waals surface area contributed by atoms with Crippen molar-refractivity contribution in [3.05, 3.63) is 51.4 Å². The molecule has 0 fully saturated rings. The normalized spacial score (nSPS) is 10.5. The quantitative estimate of drug-likeness (QED) is 0.940. The van der Waals surface area contributed by atoms with Crippen molar-refractivity contribution in [2.24, 2.45) is 5.73 Å². The molecule has 0 saturated carbocycles. The van der Waals surface area contributed by atoms with E-state index in [1.165, 1.54) is 18.2 Å². The van der Waals surface area contributed by atoms with Gasteiger partial charge in [0.15, 0.2) is 0 Å². The van der Waals surface area contributed by atoms with Crippen molar-refractivity contribution in [1.82, 2.24) is 4.98 Å². The molecule has 0 spiro atoms. The second-order valence-electron chi connectivity index (χ2n) is 4.69. The average Bonchev–Trinajstić information content (AvgIpc) is 2.39. The number of ether oxygens (including phenoxy) is 1. The van der Waals surface area contributed by atoms with E-state index in [0.717, 1.165) is 0 Å². The van der Waals surface area contributed by atoms with Crippen LogP contribution in [0, 0.1) is 26.6 Å². The van der Waals surface area contributed by atoms with Crippen molar-refractivity contribution in [2.75, 3.05) is 0 Å². The summed E-state index contributed by atoms with van der Waals surface area (Å²) in [7, 11) is 0. The van der Waals surface area contributed by atoms with Crippen LogP contribution in [0.5, 0.6) is 11.6 Å². The Balaban J connectivity index is 2.56. The first-order valence-electron chi connectivity index (χ1n) is 6.21. The Labute approximate surface area is 126 Å². The SMILES string of the molecule is Cc1cc(F)ccc1Oc1nc(C)c(Cl)c(C)c1C(N)=O. The van der Waals surface area contributed by atoms with Crippen LogP contribution in [0.2, 0.25) is 5.02 Å². The lowest BCUT2D eigenvalue weighted by Gasteiger charge is -2.14. The van der Waals surface area contributed by atoms with Gasteiger partial charge in [0.05, 0.1) is 10.7 Å². The molecule has 2 aromatic rings.